The van der Waals surface area contributed by atoms with Crippen LogP contribution in [0.1, 0.15) is 13.8 Å². The Bertz CT molecular complexity index is 1770. The summed E-state index contributed by atoms with van der Waals surface area (Å²) in [5, 5.41) is 11.1. The molecule has 0 saturated carbocycles. The molecule has 1 amide bonds. The molecule has 0 bridgehead atoms. The molecule has 5 heterocycles. The summed E-state index contributed by atoms with van der Waals surface area (Å²) < 4.78 is 13.4. The van der Waals surface area contributed by atoms with Crippen molar-refractivity contribution in [2.45, 2.75) is 13.8 Å². The largest absolute Gasteiger partial charge is 0.336 e. The zero-order valence-electron chi connectivity index (χ0n) is 20.0. The van der Waals surface area contributed by atoms with E-state index in [0.29, 0.717) is 34.1 Å². The molecule has 0 fully saturated rings. The fraction of sp³-hybridized carbons (Fsp3) is 0.111. The summed E-state index contributed by atoms with van der Waals surface area (Å²) >= 11 is 0. The van der Waals surface area contributed by atoms with Crippen LogP contribution in [0.4, 0.5) is 10.1 Å². The van der Waals surface area contributed by atoms with Crippen LogP contribution in [0.2, 0.25) is 0 Å². The van der Waals surface area contributed by atoms with Crippen molar-refractivity contribution in [3.05, 3.63) is 73.1 Å². The highest BCUT2D eigenvalue weighted by atomic mass is 19.1. The summed E-state index contributed by atoms with van der Waals surface area (Å²) in [7, 11) is 0. The smallest absolute Gasteiger partial charge is 0.226 e. The molecule has 0 aliphatic heterocycles. The molecule has 0 aliphatic carbocycles. The first kappa shape index (κ1) is 22.5. The van der Waals surface area contributed by atoms with E-state index < -0.39 is 0 Å². The highest BCUT2D eigenvalue weighted by molar-refractivity contribution is 5.96. The van der Waals surface area contributed by atoms with Gasteiger partial charge in [0.2, 0.25) is 5.91 Å². The number of H-pyrrole nitrogens is 2. The number of halogens is 1. The number of nitrogens with one attached hydrogen (secondary N) is 3. The fourth-order valence-electron chi connectivity index (χ4n) is 4.06. The predicted octanol–water partition coefficient (Wildman–Crippen LogP) is 5.36. The molecule has 37 heavy (non-hydrogen) atoms. The number of benzene rings is 1. The van der Waals surface area contributed by atoms with Crippen LogP contribution in [0.3, 0.4) is 0 Å². The van der Waals surface area contributed by atoms with Gasteiger partial charge in [0, 0.05) is 41.2 Å². The number of nitrogens with zero attached hydrogens (tertiary/aromatic N) is 5. The van der Waals surface area contributed by atoms with E-state index in [0.717, 1.165) is 27.6 Å². The van der Waals surface area contributed by atoms with Crippen molar-refractivity contribution in [1.29, 1.82) is 0 Å². The average molecular weight is 493 g/mol. The second-order valence-corrected chi connectivity index (χ2v) is 8.95. The van der Waals surface area contributed by atoms with Gasteiger partial charge in [0.1, 0.15) is 17.0 Å². The van der Waals surface area contributed by atoms with E-state index in [1.807, 2.05) is 32.0 Å². The zero-order chi connectivity index (χ0) is 25.5. The Morgan fingerprint density at radius 1 is 0.946 bits per heavy atom. The number of rotatable bonds is 5. The lowest BCUT2D eigenvalue weighted by Gasteiger charge is -2.09. The number of aromatic amines is 2. The molecule has 0 radical (unpaired) electrons. The third-order valence-corrected chi connectivity index (χ3v) is 6.02. The number of carbonyl (C=O) groups excluding carboxylic acids is 1. The number of fused-ring (bicyclic) bond motifs is 2. The van der Waals surface area contributed by atoms with Gasteiger partial charge in [0.25, 0.3) is 0 Å². The third kappa shape index (κ3) is 4.18. The maximum Gasteiger partial charge on any atom is 0.226 e. The Morgan fingerprint density at radius 2 is 1.76 bits per heavy atom. The van der Waals surface area contributed by atoms with Crippen LogP contribution in [0.15, 0.2) is 67.3 Å². The topological polar surface area (TPSA) is 125 Å². The van der Waals surface area contributed by atoms with Gasteiger partial charge in [-0.25, -0.2) is 14.4 Å². The van der Waals surface area contributed by atoms with E-state index in [1.165, 1.54) is 12.1 Å². The summed E-state index contributed by atoms with van der Waals surface area (Å²) in [6.07, 6.45) is 6.74. The van der Waals surface area contributed by atoms with E-state index in [-0.39, 0.29) is 17.6 Å². The minimum Gasteiger partial charge on any atom is -0.336 e. The molecule has 0 unspecified atom stereocenters. The molecule has 6 rings (SSSR count). The molecule has 0 saturated heterocycles. The Hall–Kier alpha value is -4.99. The number of aromatic nitrogens is 7. The van der Waals surface area contributed by atoms with Crippen LogP contribution < -0.4 is 5.32 Å². The van der Waals surface area contributed by atoms with E-state index in [2.05, 4.69) is 35.5 Å². The van der Waals surface area contributed by atoms with Crippen LogP contribution >= 0.6 is 0 Å². The lowest BCUT2D eigenvalue weighted by molar-refractivity contribution is -0.118. The quantitative estimate of drug-likeness (QED) is 0.298. The molecule has 6 aromatic rings. The predicted molar refractivity (Wildman–Crippen MR) is 139 cm³/mol. The van der Waals surface area contributed by atoms with Gasteiger partial charge in [-0.15, -0.1) is 0 Å². The standard InChI is InChI=1S/C27H21FN8O/c1-14(2)27(37)32-19-9-16(11-29-13-19)17-10-20-23(35-36-25(20)31-12-17)26-33-21-7-8-30-22(24(21)34-26)15-3-5-18(28)6-4-15/h3-14H,1-2H3,(H,32,37)(H,33,34)(H,31,35,36). The highest BCUT2D eigenvalue weighted by Crippen LogP contribution is 2.32. The fourth-order valence-corrected chi connectivity index (χ4v) is 4.06. The van der Waals surface area contributed by atoms with E-state index in [4.69, 9.17) is 4.98 Å². The molecule has 1 aromatic carbocycles. The molecule has 3 N–H and O–H groups in total. The van der Waals surface area contributed by atoms with Gasteiger partial charge < -0.3 is 10.3 Å². The SMILES string of the molecule is CC(C)C(=O)Nc1cncc(-c2cnc3[nH]nc(-c4nc5c(-c6ccc(F)cc6)nccc5[nH]4)c3c2)c1. The minimum atomic E-state index is -0.312. The van der Waals surface area contributed by atoms with Gasteiger partial charge >= 0.3 is 0 Å². The van der Waals surface area contributed by atoms with Crippen molar-refractivity contribution in [2.24, 2.45) is 5.92 Å². The summed E-state index contributed by atoms with van der Waals surface area (Å²) in [6.45, 7) is 3.67. The van der Waals surface area contributed by atoms with Crippen molar-refractivity contribution < 1.29 is 9.18 Å². The monoisotopic (exact) mass is 492 g/mol. The lowest BCUT2D eigenvalue weighted by atomic mass is 10.1. The number of imidazole rings is 1. The number of carbonyl (C=O) groups is 1. The van der Waals surface area contributed by atoms with Gasteiger partial charge in [0.05, 0.1) is 28.5 Å². The molecular formula is C27H21FN8O. The van der Waals surface area contributed by atoms with Crippen LogP contribution in [0, 0.1) is 11.7 Å². The Balaban J connectivity index is 1.41. The first-order chi connectivity index (χ1) is 18.0. The Kier molecular flexibility index (Phi) is 5.41. The van der Waals surface area contributed by atoms with Crippen LogP contribution in [0.25, 0.3) is 56.0 Å². The van der Waals surface area contributed by atoms with Crippen molar-refractivity contribution in [3.63, 3.8) is 0 Å². The normalized spacial score (nSPS) is 11.5. The second-order valence-electron chi connectivity index (χ2n) is 8.95. The van der Waals surface area contributed by atoms with Crippen LogP contribution in [-0.4, -0.2) is 41.0 Å². The second kappa shape index (κ2) is 8.90. The maximum atomic E-state index is 13.4. The average Bonchev–Trinajstić information content (AvgIpc) is 3.53. The van der Waals surface area contributed by atoms with Gasteiger partial charge in [-0.05, 0) is 42.5 Å². The number of anilines is 1. The Labute approximate surface area is 210 Å². The summed E-state index contributed by atoms with van der Waals surface area (Å²) in [5.41, 5.74) is 6.27. The molecule has 9 nitrogen and oxygen atoms in total. The molecule has 182 valence electrons. The van der Waals surface area contributed by atoms with E-state index in [9.17, 15) is 9.18 Å². The first-order valence-electron chi connectivity index (χ1n) is 11.7. The molecule has 0 aliphatic rings. The van der Waals surface area contributed by atoms with Crippen LogP contribution in [0.5, 0.6) is 0 Å². The van der Waals surface area contributed by atoms with E-state index in [1.54, 1.807) is 36.9 Å². The summed E-state index contributed by atoms with van der Waals surface area (Å²) in [6, 6.07) is 11.8. The molecular weight excluding hydrogens is 471 g/mol. The molecule has 0 spiro atoms. The summed E-state index contributed by atoms with van der Waals surface area (Å²) in [5.74, 6) is 0.0161. The van der Waals surface area contributed by atoms with E-state index >= 15 is 0 Å². The van der Waals surface area contributed by atoms with Gasteiger partial charge in [0.15, 0.2) is 11.5 Å². The van der Waals surface area contributed by atoms with Crippen molar-refractivity contribution in [1.82, 2.24) is 35.1 Å². The summed E-state index contributed by atoms with van der Waals surface area (Å²) in [4.78, 5) is 33.5. The molecule has 0 atom stereocenters. The van der Waals surface area contributed by atoms with Crippen molar-refractivity contribution >= 4 is 33.7 Å². The minimum absolute atomic E-state index is 0.0796. The maximum absolute atomic E-state index is 13.4. The zero-order valence-corrected chi connectivity index (χ0v) is 20.0. The van der Waals surface area contributed by atoms with Crippen molar-refractivity contribution in [3.8, 4) is 33.9 Å². The molecule has 5 aromatic heterocycles. The van der Waals surface area contributed by atoms with Crippen molar-refractivity contribution in [2.75, 3.05) is 5.32 Å². The lowest BCUT2D eigenvalue weighted by Crippen LogP contribution is -2.17. The Morgan fingerprint density at radius 3 is 2.57 bits per heavy atom. The van der Waals surface area contributed by atoms with Crippen LogP contribution in [-0.2, 0) is 4.79 Å². The number of hydrogen-bond donors (Lipinski definition) is 3. The number of hydrogen-bond acceptors (Lipinski definition) is 6. The number of pyridine rings is 3. The molecule has 10 heteroatoms. The third-order valence-electron chi connectivity index (χ3n) is 6.02. The van der Waals surface area contributed by atoms with Gasteiger partial charge in [-0.1, -0.05) is 13.8 Å². The van der Waals surface area contributed by atoms with Gasteiger partial charge in [-0.3, -0.25) is 19.9 Å². The number of amides is 1. The van der Waals surface area contributed by atoms with Gasteiger partial charge in [-0.2, -0.15) is 5.10 Å². The highest BCUT2D eigenvalue weighted by Gasteiger charge is 2.17. The first-order valence-corrected chi connectivity index (χ1v) is 11.7.